The van der Waals surface area contributed by atoms with E-state index in [0.717, 1.165) is 15.8 Å². The molecule has 2 aromatic heterocycles. The van der Waals surface area contributed by atoms with E-state index in [1.165, 1.54) is 11.3 Å². The Balaban J connectivity index is 2.09. The smallest absolute Gasteiger partial charge is 0.202 e. The lowest BCUT2D eigenvalue weighted by molar-refractivity contribution is 0.104. The summed E-state index contributed by atoms with van der Waals surface area (Å²) in [4.78, 5) is 17.1. The normalized spacial score (nSPS) is 10.6. The van der Waals surface area contributed by atoms with E-state index in [9.17, 15) is 4.79 Å². The van der Waals surface area contributed by atoms with Gasteiger partial charge in [0, 0.05) is 17.1 Å². The summed E-state index contributed by atoms with van der Waals surface area (Å²) in [6.07, 6.45) is 1.75. The quantitative estimate of drug-likeness (QED) is 0.640. The predicted molar refractivity (Wildman–Crippen MR) is 69.5 cm³/mol. The minimum absolute atomic E-state index is 0.0748. The molecule has 3 heteroatoms. The van der Waals surface area contributed by atoms with Crippen molar-refractivity contribution in [2.24, 2.45) is 0 Å². The van der Waals surface area contributed by atoms with Crippen molar-refractivity contribution in [3.05, 3.63) is 64.5 Å². The number of fused-ring (bicyclic) bond motifs is 1. The SMILES string of the molecule is O=C(c1ccc2ncccc2c1)c1cccs1. The first kappa shape index (κ1) is 10.2. The molecule has 0 aliphatic heterocycles. The number of thiophene rings is 1. The second-order valence-corrected chi connectivity index (χ2v) is 4.67. The van der Waals surface area contributed by atoms with Crippen LogP contribution in [0, 0.1) is 0 Å². The highest BCUT2D eigenvalue weighted by Crippen LogP contribution is 2.18. The summed E-state index contributed by atoms with van der Waals surface area (Å²) in [6, 6.07) is 13.2. The summed E-state index contributed by atoms with van der Waals surface area (Å²) in [5, 5.41) is 2.91. The van der Waals surface area contributed by atoms with Crippen molar-refractivity contribution in [1.82, 2.24) is 4.98 Å². The van der Waals surface area contributed by atoms with Crippen LogP contribution in [-0.4, -0.2) is 10.8 Å². The van der Waals surface area contributed by atoms with Crippen molar-refractivity contribution in [1.29, 1.82) is 0 Å². The lowest BCUT2D eigenvalue weighted by Crippen LogP contribution is -1.98. The van der Waals surface area contributed by atoms with Gasteiger partial charge < -0.3 is 0 Å². The van der Waals surface area contributed by atoms with Gasteiger partial charge in [-0.15, -0.1) is 11.3 Å². The maximum absolute atomic E-state index is 12.1. The third kappa shape index (κ3) is 1.85. The predicted octanol–water partition coefficient (Wildman–Crippen LogP) is 3.53. The van der Waals surface area contributed by atoms with Crippen LogP contribution in [0.5, 0.6) is 0 Å². The Morgan fingerprint density at radius 1 is 1.12 bits per heavy atom. The van der Waals surface area contributed by atoms with Gasteiger partial charge in [-0.2, -0.15) is 0 Å². The van der Waals surface area contributed by atoms with Crippen LogP contribution >= 0.6 is 11.3 Å². The highest BCUT2D eigenvalue weighted by Gasteiger charge is 2.10. The topological polar surface area (TPSA) is 30.0 Å². The molecule has 0 bridgehead atoms. The maximum atomic E-state index is 12.1. The Kier molecular flexibility index (Phi) is 2.46. The molecule has 0 aliphatic rings. The van der Waals surface area contributed by atoms with E-state index in [1.54, 1.807) is 6.20 Å². The maximum Gasteiger partial charge on any atom is 0.202 e. The Morgan fingerprint density at radius 3 is 2.88 bits per heavy atom. The molecule has 0 fully saturated rings. The third-order valence-electron chi connectivity index (χ3n) is 2.61. The Morgan fingerprint density at radius 2 is 2.06 bits per heavy atom. The minimum Gasteiger partial charge on any atom is -0.288 e. The number of nitrogens with zero attached hydrogens (tertiary/aromatic N) is 1. The molecule has 3 rings (SSSR count). The van der Waals surface area contributed by atoms with Gasteiger partial charge >= 0.3 is 0 Å². The van der Waals surface area contributed by atoms with Gasteiger partial charge in [0.25, 0.3) is 0 Å². The van der Waals surface area contributed by atoms with Gasteiger partial charge in [-0.25, -0.2) is 0 Å². The fraction of sp³-hybridized carbons (Fsp3) is 0. The van der Waals surface area contributed by atoms with Crippen LogP contribution in [0.4, 0.5) is 0 Å². The fourth-order valence-corrected chi connectivity index (χ4v) is 2.45. The second kappa shape index (κ2) is 4.11. The molecule has 1 aromatic carbocycles. The van der Waals surface area contributed by atoms with Crippen molar-refractivity contribution < 1.29 is 4.79 Å². The van der Waals surface area contributed by atoms with Crippen molar-refractivity contribution >= 4 is 28.0 Å². The molecule has 0 N–H and O–H groups in total. The average Bonchev–Trinajstić information content (AvgIpc) is 2.91. The molecule has 0 saturated heterocycles. The van der Waals surface area contributed by atoms with E-state index in [4.69, 9.17) is 0 Å². The van der Waals surface area contributed by atoms with Gasteiger partial charge in [0.1, 0.15) is 0 Å². The molecule has 82 valence electrons. The van der Waals surface area contributed by atoms with Crippen molar-refractivity contribution in [3.8, 4) is 0 Å². The number of carbonyl (C=O) groups is 1. The van der Waals surface area contributed by atoms with E-state index in [0.29, 0.717) is 5.56 Å². The molecule has 17 heavy (non-hydrogen) atoms. The molecule has 2 nitrogen and oxygen atoms in total. The van der Waals surface area contributed by atoms with Crippen LogP contribution in [0.15, 0.2) is 54.0 Å². The summed E-state index contributed by atoms with van der Waals surface area (Å²) in [5.74, 6) is 0.0748. The number of rotatable bonds is 2. The van der Waals surface area contributed by atoms with Gasteiger partial charge in [-0.05, 0) is 35.7 Å². The first-order valence-electron chi connectivity index (χ1n) is 5.27. The molecule has 0 saturated carbocycles. The van der Waals surface area contributed by atoms with Crippen LogP contribution in [0.2, 0.25) is 0 Å². The van der Waals surface area contributed by atoms with E-state index < -0.39 is 0 Å². The molecule has 0 unspecified atom stereocenters. The van der Waals surface area contributed by atoms with Crippen molar-refractivity contribution in [3.63, 3.8) is 0 Å². The van der Waals surface area contributed by atoms with Crippen molar-refractivity contribution in [2.75, 3.05) is 0 Å². The largest absolute Gasteiger partial charge is 0.288 e. The average molecular weight is 239 g/mol. The first-order chi connectivity index (χ1) is 8.34. The Hall–Kier alpha value is -2.00. The van der Waals surface area contributed by atoms with Crippen LogP contribution in [0.25, 0.3) is 10.9 Å². The fourth-order valence-electron chi connectivity index (χ4n) is 1.77. The van der Waals surface area contributed by atoms with Crippen LogP contribution < -0.4 is 0 Å². The number of pyridine rings is 1. The summed E-state index contributed by atoms with van der Waals surface area (Å²) in [5.41, 5.74) is 1.63. The summed E-state index contributed by atoms with van der Waals surface area (Å²) >= 11 is 1.47. The molecule has 0 aliphatic carbocycles. The van der Waals surface area contributed by atoms with Crippen LogP contribution in [0.3, 0.4) is 0 Å². The molecule has 0 atom stereocenters. The zero-order valence-electron chi connectivity index (χ0n) is 8.96. The lowest BCUT2D eigenvalue weighted by atomic mass is 10.1. The molecule has 0 spiro atoms. The Bertz CT molecular complexity index is 674. The lowest BCUT2D eigenvalue weighted by Gasteiger charge is -2.00. The van der Waals surface area contributed by atoms with Gasteiger partial charge in [0.2, 0.25) is 5.78 Å². The van der Waals surface area contributed by atoms with Crippen molar-refractivity contribution in [2.45, 2.75) is 0 Å². The molecule has 2 heterocycles. The molecule has 0 radical (unpaired) electrons. The van der Waals surface area contributed by atoms with Gasteiger partial charge in [0.15, 0.2) is 0 Å². The van der Waals surface area contributed by atoms with E-state index in [2.05, 4.69) is 4.98 Å². The van der Waals surface area contributed by atoms with Gasteiger partial charge in [-0.1, -0.05) is 12.1 Å². The van der Waals surface area contributed by atoms with E-state index >= 15 is 0 Å². The van der Waals surface area contributed by atoms with Gasteiger partial charge in [-0.3, -0.25) is 9.78 Å². The third-order valence-corrected chi connectivity index (χ3v) is 3.48. The first-order valence-corrected chi connectivity index (χ1v) is 6.15. The molecule has 0 amide bonds. The monoisotopic (exact) mass is 239 g/mol. The summed E-state index contributed by atoms with van der Waals surface area (Å²) in [6.45, 7) is 0. The highest BCUT2D eigenvalue weighted by molar-refractivity contribution is 7.12. The molecular weight excluding hydrogens is 230 g/mol. The number of ketones is 1. The van der Waals surface area contributed by atoms with E-state index in [1.807, 2.05) is 47.8 Å². The van der Waals surface area contributed by atoms with Gasteiger partial charge in [0.05, 0.1) is 10.4 Å². The van der Waals surface area contributed by atoms with Crippen LogP contribution in [-0.2, 0) is 0 Å². The minimum atomic E-state index is 0.0748. The summed E-state index contributed by atoms with van der Waals surface area (Å²) in [7, 11) is 0. The number of carbonyl (C=O) groups excluding carboxylic acids is 1. The standard InChI is InChI=1S/C14H9NOS/c16-14(13-4-2-8-17-13)11-5-6-12-10(9-11)3-1-7-15-12/h1-9H. The zero-order chi connectivity index (χ0) is 11.7. The number of hydrogen-bond donors (Lipinski definition) is 0. The zero-order valence-corrected chi connectivity index (χ0v) is 9.78. The summed E-state index contributed by atoms with van der Waals surface area (Å²) < 4.78 is 0. The number of benzene rings is 1. The molecule has 3 aromatic rings. The van der Waals surface area contributed by atoms with Crippen LogP contribution in [0.1, 0.15) is 15.2 Å². The Labute approximate surface area is 103 Å². The second-order valence-electron chi connectivity index (χ2n) is 3.72. The van der Waals surface area contributed by atoms with E-state index in [-0.39, 0.29) is 5.78 Å². The highest BCUT2D eigenvalue weighted by atomic mass is 32.1. The molecular formula is C14H9NOS. The number of hydrogen-bond acceptors (Lipinski definition) is 3. The number of aromatic nitrogens is 1.